The summed E-state index contributed by atoms with van der Waals surface area (Å²) < 4.78 is 0. The van der Waals surface area contributed by atoms with Gasteiger partial charge in [-0.3, -0.25) is 5.43 Å². The van der Waals surface area contributed by atoms with Gasteiger partial charge in [0, 0.05) is 5.71 Å². The lowest BCUT2D eigenvalue weighted by molar-refractivity contribution is 0.798. The zero-order valence-electron chi connectivity index (χ0n) is 8.48. The highest BCUT2D eigenvalue weighted by molar-refractivity contribution is 6.11. The van der Waals surface area contributed by atoms with E-state index < -0.39 is 0 Å². The minimum atomic E-state index is 0.463. The normalized spacial score (nSPS) is 26.3. The first kappa shape index (κ1) is 8.65. The van der Waals surface area contributed by atoms with Gasteiger partial charge in [0.05, 0.1) is 11.6 Å². The van der Waals surface area contributed by atoms with Crippen molar-refractivity contribution in [1.29, 1.82) is 0 Å². The molecule has 3 heteroatoms. The molecule has 0 aromatic heterocycles. The molecule has 0 amide bonds. The number of benzene rings is 1. The summed E-state index contributed by atoms with van der Waals surface area (Å²) in [7, 11) is 0. The Morgan fingerprint density at radius 1 is 1.27 bits per heavy atom. The second-order valence-electron chi connectivity index (χ2n) is 3.99. The molecule has 1 heterocycles. The van der Waals surface area contributed by atoms with Gasteiger partial charge in [-0.25, -0.2) is 4.99 Å². The molecule has 0 spiro atoms. The molecule has 0 saturated heterocycles. The molecular formula is C12H13N3. The van der Waals surface area contributed by atoms with E-state index in [1.807, 2.05) is 30.3 Å². The van der Waals surface area contributed by atoms with Crippen molar-refractivity contribution in [2.75, 3.05) is 0 Å². The topological polar surface area (TPSA) is 36.8 Å². The van der Waals surface area contributed by atoms with Crippen LogP contribution in [0.25, 0.3) is 0 Å². The molecule has 0 radical (unpaired) electrons. The number of fused-ring (bicyclic) bond motifs is 1. The van der Waals surface area contributed by atoms with Crippen molar-refractivity contribution in [1.82, 2.24) is 5.43 Å². The Hall–Kier alpha value is -1.64. The van der Waals surface area contributed by atoms with E-state index in [1.54, 1.807) is 0 Å². The summed E-state index contributed by atoms with van der Waals surface area (Å²) >= 11 is 0. The van der Waals surface area contributed by atoms with E-state index in [2.05, 4.69) is 15.5 Å². The van der Waals surface area contributed by atoms with Crippen LogP contribution in [0.4, 0.5) is 5.69 Å². The van der Waals surface area contributed by atoms with Gasteiger partial charge in [0.1, 0.15) is 5.84 Å². The molecule has 1 fully saturated rings. The van der Waals surface area contributed by atoms with Crippen LogP contribution in [-0.2, 0) is 0 Å². The van der Waals surface area contributed by atoms with Gasteiger partial charge in [-0.05, 0) is 31.4 Å². The highest BCUT2D eigenvalue weighted by Gasteiger charge is 2.31. The maximum atomic E-state index is 4.59. The average molecular weight is 199 g/mol. The summed E-state index contributed by atoms with van der Waals surface area (Å²) in [6.45, 7) is 0. The molecule has 3 rings (SSSR count). The quantitative estimate of drug-likeness (QED) is 0.741. The highest BCUT2D eigenvalue weighted by atomic mass is 15.4. The van der Waals surface area contributed by atoms with Gasteiger partial charge in [-0.2, -0.15) is 5.10 Å². The minimum absolute atomic E-state index is 0.463. The standard InChI is InChI=1S/C12H13N3/c1-2-5-9(6-3-1)13-12-10-7-4-8-11(10)14-15-12/h1-3,5-6,10H,4,7-8H2,(H,13,15). The van der Waals surface area contributed by atoms with Gasteiger partial charge in [-0.15, -0.1) is 0 Å². The molecule has 76 valence electrons. The fraction of sp³-hybridized carbons (Fsp3) is 0.333. The lowest BCUT2D eigenvalue weighted by atomic mass is 10.1. The predicted molar refractivity (Wildman–Crippen MR) is 61.4 cm³/mol. The zero-order valence-corrected chi connectivity index (χ0v) is 8.48. The van der Waals surface area contributed by atoms with Gasteiger partial charge < -0.3 is 0 Å². The van der Waals surface area contributed by atoms with Crippen molar-refractivity contribution in [3.8, 4) is 0 Å². The molecule has 2 aliphatic rings. The maximum absolute atomic E-state index is 4.59. The second-order valence-corrected chi connectivity index (χ2v) is 3.99. The third-order valence-corrected chi connectivity index (χ3v) is 2.98. The van der Waals surface area contributed by atoms with E-state index in [4.69, 9.17) is 0 Å². The van der Waals surface area contributed by atoms with Crippen molar-refractivity contribution >= 4 is 17.2 Å². The van der Waals surface area contributed by atoms with E-state index in [1.165, 1.54) is 18.6 Å². The van der Waals surface area contributed by atoms with E-state index in [0.29, 0.717) is 5.92 Å². The van der Waals surface area contributed by atoms with Crippen LogP contribution in [0.3, 0.4) is 0 Å². The van der Waals surface area contributed by atoms with Crippen LogP contribution in [-0.4, -0.2) is 11.5 Å². The number of hydrazone groups is 1. The largest absolute Gasteiger partial charge is 0.264 e. The molecule has 1 unspecified atom stereocenters. The fourth-order valence-corrected chi connectivity index (χ4v) is 2.21. The molecule has 1 N–H and O–H groups in total. The summed E-state index contributed by atoms with van der Waals surface area (Å²) in [4.78, 5) is 4.59. The second kappa shape index (κ2) is 3.50. The lowest BCUT2D eigenvalue weighted by Crippen LogP contribution is -2.20. The predicted octanol–water partition coefficient (Wildman–Crippen LogP) is 2.48. The van der Waals surface area contributed by atoms with Gasteiger partial charge in [0.2, 0.25) is 0 Å². The summed E-state index contributed by atoms with van der Waals surface area (Å²) in [5, 5.41) is 4.31. The molecule has 15 heavy (non-hydrogen) atoms. The first-order valence-electron chi connectivity index (χ1n) is 5.39. The van der Waals surface area contributed by atoms with Crippen molar-refractivity contribution in [2.24, 2.45) is 16.0 Å². The highest BCUT2D eigenvalue weighted by Crippen LogP contribution is 2.27. The molecule has 1 atom stereocenters. The average Bonchev–Trinajstić information content (AvgIpc) is 2.85. The number of amidine groups is 1. The molecule has 1 aliphatic carbocycles. The van der Waals surface area contributed by atoms with Crippen LogP contribution in [0.1, 0.15) is 19.3 Å². The van der Waals surface area contributed by atoms with Gasteiger partial charge in [0.25, 0.3) is 0 Å². The van der Waals surface area contributed by atoms with Crippen LogP contribution >= 0.6 is 0 Å². The van der Waals surface area contributed by atoms with E-state index in [9.17, 15) is 0 Å². The molecule has 1 aliphatic heterocycles. The van der Waals surface area contributed by atoms with Crippen LogP contribution in [0.5, 0.6) is 0 Å². The number of aliphatic imine (C=N–C) groups is 1. The SMILES string of the molecule is c1ccc(N=C2NN=C3CCCC32)cc1. The van der Waals surface area contributed by atoms with E-state index in [-0.39, 0.29) is 0 Å². The summed E-state index contributed by atoms with van der Waals surface area (Å²) in [6, 6.07) is 10.0. The summed E-state index contributed by atoms with van der Waals surface area (Å²) in [5.74, 6) is 1.49. The summed E-state index contributed by atoms with van der Waals surface area (Å²) in [6.07, 6.45) is 3.57. The minimum Gasteiger partial charge on any atom is -0.264 e. The van der Waals surface area contributed by atoms with Crippen molar-refractivity contribution in [3.63, 3.8) is 0 Å². The number of nitrogens with one attached hydrogen (secondary N) is 1. The Morgan fingerprint density at radius 3 is 3.00 bits per heavy atom. The molecule has 1 aromatic rings. The Labute approximate surface area is 88.9 Å². The first-order valence-corrected chi connectivity index (χ1v) is 5.39. The fourth-order valence-electron chi connectivity index (χ4n) is 2.21. The van der Waals surface area contributed by atoms with E-state index >= 15 is 0 Å². The van der Waals surface area contributed by atoms with Crippen LogP contribution < -0.4 is 5.43 Å². The Balaban J connectivity index is 1.88. The van der Waals surface area contributed by atoms with Gasteiger partial charge in [0.15, 0.2) is 0 Å². The third-order valence-electron chi connectivity index (χ3n) is 2.98. The van der Waals surface area contributed by atoms with E-state index in [0.717, 1.165) is 17.9 Å². The van der Waals surface area contributed by atoms with Crippen LogP contribution in [0.2, 0.25) is 0 Å². The summed E-state index contributed by atoms with van der Waals surface area (Å²) in [5.41, 5.74) is 5.33. The van der Waals surface area contributed by atoms with Crippen molar-refractivity contribution in [2.45, 2.75) is 19.3 Å². The number of rotatable bonds is 1. The Kier molecular flexibility index (Phi) is 2.02. The third kappa shape index (κ3) is 1.54. The number of hydrogen-bond acceptors (Lipinski definition) is 2. The van der Waals surface area contributed by atoms with Crippen LogP contribution in [0.15, 0.2) is 40.4 Å². The molecule has 3 nitrogen and oxygen atoms in total. The molecule has 1 aromatic carbocycles. The lowest BCUT2D eigenvalue weighted by Gasteiger charge is -2.04. The van der Waals surface area contributed by atoms with Crippen molar-refractivity contribution < 1.29 is 0 Å². The van der Waals surface area contributed by atoms with Gasteiger partial charge >= 0.3 is 0 Å². The van der Waals surface area contributed by atoms with Gasteiger partial charge in [-0.1, -0.05) is 18.2 Å². The smallest absolute Gasteiger partial charge is 0.131 e. The Morgan fingerprint density at radius 2 is 2.13 bits per heavy atom. The Bertz CT molecular complexity index is 420. The zero-order chi connectivity index (χ0) is 10.1. The van der Waals surface area contributed by atoms with Crippen molar-refractivity contribution in [3.05, 3.63) is 30.3 Å². The first-order chi connectivity index (χ1) is 7.43. The maximum Gasteiger partial charge on any atom is 0.131 e. The molecule has 0 bridgehead atoms. The molecular weight excluding hydrogens is 186 g/mol. The number of hydrogen-bond donors (Lipinski definition) is 1. The number of nitrogens with zero attached hydrogens (tertiary/aromatic N) is 2. The molecule has 1 saturated carbocycles. The number of para-hydroxylation sites is 1. The monoisotopic (exact) mass is 199 g/mol. The van der Waals surface area contributed by atoms with Crippen LogP contribution in [0, 0.1) is 5.92 Å².